The first-order valence-corrected chi connectivity index (χ1v) is 8.19. The van der Waals surface area contributed by atoms with E-state index in [1.165, 1.54) is 4.90 Å². The van der Waals surface area contributed by atoms with Crippen molar-refractivity contribution in [1.29, 1.82) is 0 Å². The Morgan fingerprint density at radius 2 is 1.84 bits per heavy atom. The molecular formula is C19H19N3O3. The molecule has 3 amide bonds. The van der Waals surface area contributed by atoms with Gasteiger partial charge in [0.05, 0.1) is 6.04 Å². The molecule has 2 aliphatic rings. The van der Waals surface area contributed by atoms with Crippen molar-refractivity contribution in [2.24, 2.45) is 5.92 Å². The average Bonchev–Trinajstić information content (AvgIpc) is 2.60. The molecule has 0 radical (unpaired) electrons. The molecule has 0 saturated carbocycles. The monoisotopic (exact) mass is 337 g/mol. The molecule has 1 saturated heterocycles. The summed E-state index contributed by atoms with van der Waals surface area (Å²) in [4.78, 5) is 26.9. The highest BCUT2D eigenvalue weighted by Crippen LogP contribution is 2.47. The lowest BCUT2D eigenvalue weighted by atomic mass is 9.79. The third kappa shape index (κ3) is 2.33. The Morgan fingerprint density at radius 3 is 2.60 bits per heavy atom. The predicted octanol–water partition coefficient (Wildman–Crippen LogP) is 2.75. The smallest absolute Gasteiger partial charge is 0.320 e. The zero-order valence-corrected chi connectivity index (χ0v) is 14.0. The van der Waals surface area contributed by atoms with Crippen LogP contribution in [0.25, 0.3) is 0 Å². The fourth-order valence-corrected chi connectivity index (χ4v) is 3.61. The number of benzene rings is 2. The van der Waals surface area contributed by atoms with Crippen molar-refractivity contribution in [3.05, 3.63) is 60.2 Å². The van der Waals surface area contributed by atoms with E-state index in [0.29, 0.717) is 11.4 Å². The second kappa shape index (κ2) is 5.51. The maximum Gasteiger partial charge on any atom is 0.320 e. The van der Waals surface area contributed by atoms with Gasteiger partial charge in [0.25, 0.3) is 0 Å². The van der Waals surface area contributed by atoms with Gasteiger partial charge in [0.15, 0.2) is 5.72 Å². The molecule has 0 unspecified atom stereocenters. The first kappa shape index (κ1) is 15.5. The molecule has 128 valence electrons. The molecule has 4 rings (SSSR count). The van der Waals surface area contributed by atoms with Crippen LogP contribution in [0.15, 0.2) is 54.6 Å². The van der Waals surface area contributed by atoms with Crippen molar-refractivity contribution in [2.45, 2.75) is 18.7 Å². The zero-order chi connectivity index (χ0) is 17.6. The summed E-state index contributed by atoms with van der Waals surface area (Å²) in [5.41, 5.74) is 0.455. The Bertz CT molecular complexity index is 839. The molecular weight excluding hydrogens is 318 g/mol. The number of urea groups is 1. The molecule has 25 heavy (non-hydrogen) atoms. The fraction of sp³-hybridized carbons (Fsp3) is 0.263. The van der Waals surface area contributed by atoms with Gasteiger partial charge in [0.2, 0.25) is 5.91 Å². The van der Waals surface area contributed by atoms with Crippen LogP contribution in [0.5, 0.6) is 5.75 Å². The van der Waals surface area contributed by atoms with E-state index in [1.807, 2.05) is 54.6 Å². The molecule has 6 heteroatoms. The average molecular weight is 337 g/mol. The molecule has 3 atom stereocenters. The molecule has 2 aliphatic heterocycles. The van der Waals surface area contributed by atoms with E-state index in [0.717, 1.165) is 5.56 Å². The molecule has 6 nitrogen and oxygen atoms in total. The van der Waals surface area contributed by atoms with Gasteiger partial charge in [-0.25, -0.2) is 4.79 Å². The number of carbonyl (C=O) groups excluding carboxylic acids is 2. The quantitative estimate of drug-likeness (QED) is 0.885. The van der Waals surface area contributed by atoms with Crippen LogP contribution < -0.4 is 15.4 Å². The molecule has 0 aromatic heterocycles. The minimum atomic E-state index is -1.07. The van der Waals surface area contributed by atoms with Crippen LogP contribution >= 0.6 is 0 Å². The van der Waals surface area contributed by atoms with E-state index in [1.54, 1.807) is 14.0 Å². The molecule has 0 spiro atoms. The number of hydrogen-bond donors (Lipinski definition) is 2. The summed E-state index contributed by atoms with van der Waals surface area (Å²) in [6.07, 6.45) is 0. The van der Waals surface area contributed by atoms with Crippen molar-refractivity contribution in [3.8, 4) is 5.75 Å². The summed E-state index contributed by atoms with van der Waals surface area (Å²) in [5.74, 6) is -0.101. The van der Waals surface area contributed by atoms with Crippen LogP contribution in [0.3, 0.4) is 0 Å². The van der Waals surface area contributed by atoms with Crippen LogP contribution in [-0.2, 0) is 4.79 Å². The minimum absolute atomic E-state index is 0.194. The first-order chi connectivity index (χ1) is 12.0. The summed E-state index contributed by atoms with van der Waals surface area (Å²) < 4.78 is 6.15. The molecule has 2 aromatic rings. The number of nitrogens with zero attached hydrogens (tertiary/aromatic N) is 1. The Morgan fingerprint density at radius 1 is 1.16 bits per heavy atom. The second-order valence-corrected chi connectivity index (χ2v) is 6.51. The largest absolute Gasteiger partial charge is 0.467 e. The number of para-hydroxylation sites is 2. The minimum Gasteiger partial charge on any atom is -0.467 e. The number of anilines is 1. The molecule has 2 aromatic carbocycles. The lowest BCUT2D eigenvalue weighted by molar-refractivity contribution is -0.150. The second-order valence-electron chi connectivity index (χ2n) is 6.51. The third-order valence-corrected chi connectivity index (χ3v) is 5.05. The van der Waals surface area contributed by atoms with E-state index >= 15 is 0 Å². The predicted molar refractivity (Wildman–Crippen MR) is 93.1 cm³/mol. The van der Waals surface area contributed by atoms with E-state index in [2.05, 4.69) is 10.6 Å². The van der Waals surface area contributed by atoms with Gasteiger partial charge in [-0.1, -0.05) is 36.4 Å². The Balaban J connectivity index is 1.76. The Kier molecular flexibility index (Phi) is 3.42. The van der Waals surface area contributed by atoms with Crippen LogP contribution in [0, 0.1) is 5.92 Å². The summed E-state index contributed by atoms with van der Waals surface area (Å²) in [6, 6.07) is 16.1. The Labute approximate surface area is 145 Å². The van der Waals surface area contributed by atoms with Gasteiger partial charge in [-0.15, -0.1) is 0 Å². The molecule has 2 N–H and O–H groups in total. The van der Waals surface area contributed by atoms with Gasteiger partial charge in [-0.3, -0.25) is 9.69 Å². The zero-order valence-electron chi connectivity index (χ0n) is 14.0. The van der Waals surface area contributed by atoms with Crippen molar-refractivity contribution >= 4 is 17.6 Å². The summed E-state index contributed by atoms with van der Waals surface area (Å²) >= 11 is 0. The number of rotatable bonds is 2. The topological polar surface area (TPSA) is 70.7 Å². The lowest BCUT2D eigenvalue weighted by Crippen LogP contribution is -2.70. The molecule has 1 fully saturated rings. The maximum absolute atomic E-state index is 13.1. The van der Waals surface area contributed by atoms with Crippen molar-refractivity contribution in [1.82, 2.24) is 10.2 Å². The van der Waals surface area contributed by atoms with Gasteiger partial charge < -0.3 is 15.4 Å². The SMILES string of the molecule is CN1C(=O)N[C@H]2c3ccccc3O[C@@]1(C)[C@@H]2C(=O)Nc1ccccc1. The van der Waals surface area contributed by atoms with Crippen LogP contribution in [0.4, 0.5) is 10.5 Å². The summed E-state index contributed by atoms with van der Waals surface area (Å²) in [5, 5.41) is 5.88. The lowest BCUT2D eigenvalue weighted by Gasteiger charge is -2.53. The van der Waals surface area contributed by atoms with Gasteiger partial charge in [-0.05, 0) is 25.1 Å². The number of fused-ring (bicyclic) bond motifs is 4. The van der Waals surface area contributed by atoms with Crippen molar-refractivity contribution in [3.63, 3.8) is 0 Å². The van der Waals surface area contributed by atoms with Gasteiger partial charge in [-0.2, -0.15) is 0 Å². The van der Waals surface area contributed by atoms with E-state index < -0.39 is 17.7 Å². The number of amides is 3. The maximum atomic E-state index is 13.1. The van der Waals surface area contributed by atoms with Crippen LogP contribution in [0.2, 0.25) is 0 Å². The van der Waals surface area contributed by atoms with Crippen molar-refractivity contribution < 1.29 is 14.3 Å². The highest BCUT2D eigenvalue weighted by molar-refractivity contribution is 5.96. The van der Waals surface area contributed by atoms with E-state index in [-0.39, 0.29) is 11.9 Å². The van der Waals surface area contributed by atoms with Gasteiger partial charge >= 0.3 is 6.03 Å². The van der Waals surface area contributed by atoms with E-state index in [9.17, 15) is 9.59 Å². The van der Waals surface area contributed by atoms with Gasteiger partial charge in [0.1, 0.15) is 11.7 Å². The van der Waals surface area contributed by atoms with Crippen molar-refractivity contribution in [2.75, 3.05) is 12.4 Å². The van der Waals surface area contributed by atoms with Crippen LogP contribution in [0.1, 0.15) is 18.5 Å². The number of ether oxygens (including phenoxy) is 1. The highest BCUT2D eigenvalue weighted by Gasteiger charge is 2.58. The first-order valence-electron chi connectivity index (χ1n) is 8.19. The number of nitrogens with one attached hydrogen (secondary N) is 2. The Hall–Kier alpha value is -3.02. The molecule has 0 aliphatic carbocycles. The van der Waals surface area contributed by atoms with E-state index in [4.69, 9.17) is 4.74 Å². The molecule has 2 bridgehead atoms. The molecule has 2 heterocycles. The highest BCUT2D eigenvalue weighted by atomic mass is 16.5. The van der Waals surface area contributed by atoms with Crippen LogP contribution in [-0.4, -0.2) is 29.6 Å². The normalized spacial score (nSPS) is 27.0. The van der Waals surface area contributed by atoms with Gasteiger partial charge in [0, 0.05) is 18.3 Å². The third-order valence-electron chi connectivity index (χ3n) is 5.05. The fourth-order valence-electron chi connectivity index (χ4n) is 3.61. The summed E-state index contributed by atoms with van der Waals surface area (Å²) in [6.45, 7) is 1.78. The standard InChI is InChI=1S/C19H19N3O3/c1-19-15(17(23)20-12-8-4-3-5-9-12)16(21-18(24)22(19)2)13-10-6-7-11-14(13)25-19/h3-11,15-16H,1-2H3,(H,20,23)(H,21,24)/t15-,16-,19-/m0/s1. The number of hydrogen-bond acceptors (Lipinski definition) is 3. The number of carbonyl (C=O) groups is 2. The summed E-state index contributed by atoms with van der Waals surface area (Å²) in [7, 11) is 1.64.